The summed E-state index contributed by atoms with van der Waals surface area (Å²) in [4.78, 5) is 39.5. The van der Waals surface area contributed by atoms with Crippen LogP contribution in [0, 0.1) is 0 Å². The fraction of sp³-hybridized carbons (Fsp3) is 0.375. The zero-order valence-corrected chi connectivity index (χ0v) is 27.4. The van der Waals surface area contributed by atoms with E-state index in [2.05, 4.69) is 21.8 Å². The van der Waals surface area contributed by atoms with Gasteiger partial charge in [0.25, 0.3) is 0 Å². The summed E-state index contributed by atoms with van der Waals surface area (Å²) in [5.74, 6) is 1.34. The Balaban J connectivity index is 1.51. The van der Waals surface area contributed by atoms with E-state index in [-0.39, 0.29) is 18.4 Å². The van der Waals surface area contributed by atoms with Crippen molar-refractivity contribution in [1.82, 2.24) is 29.1 Å². The van der Waals surface area contributed by atoms with Gasteiger partial charge >= 0.3 is 0 Å². The SMILES string of the molecule is C=CC(=O)N1CCN(CCCc2cn3c(n2)c(-c2c(Cl)c(OC)cc(OC)c2Cl)cc2cnc(NCC(=O)N(C)C)cc23)CC1. The molecule has 13 heteroatoms. The molecule has 0 aliphatic carbocycles. The molecule has 0 bridgehead atoms. The second-order valence-corrected chi connectivity index (χ2v) is 11.8. The highest BCUT2D eigenvalue weighted by atomic mass is 35.5. The van der Waals surface area contributed by atoms with Gasteiger partial charge in [0.15, 0.2) is 0 Å². The van der Waals surface area contributed by atoms with Crippen molar-refractivity contribution in [3.8, 4) is 22.6 Å². The van der Waals surface area contributed by atoms with Crippen LogP contribution in [-0.2, 0) is 16.0 Å². The molecule has 2 amide bonds. The van der Waals surface area contributed by atoms with E-state index in [1.54, 1.807) is 40.6 Å². The molecule has 11 nitrogen and oxygen atoms in total. The third kappa shape index (κ3) is 6.80. The lowest BCUT2D eigenvalue weighted by atomic mass is 10.0. The molecule has 0 saturated carbocycles. The van der Waals surface area contributed by atoms with Gasteiger partial charge in [-0.1, -0.05) is 29.8 Å². The molecule has 0 unspecified atom stereocenters. The normalized spacial score (nSPS) is 13.7. The average molecular weight is 655 g/mol. The second kappa shape index (κ2) is 13.9. The summed E-state index contributed by atoms with van der Waals surface area (Å²) in [5.41, 5.74) is 3.67. The molecule has 0 radical (unpaired) electrons. The molecular weight excluding hydrogens is 617 g/mol. The Hall–Kier alpha value is -4.06. The van der Waals surface area contributed by atoms with Crippen LogP contribution in [0.3, 0.4) is 0 Å². The quantitative estimate of drug-likeness (QED) is 0.234. The number of aryl methyl sites for hydroxylation is 1. The molecule has 1 N–H and O–H groups in total. The smallest absolute Gasteiger partial charge is 0.246 e. The van der Waals surface area contributed by atoms with Crippen molar-refractivity contribution in [1.29, 1.82) is 0 Å². The van der Waals surface area contributed by atoms with Crippen molar-refractivity contribution in [2.75, 3.05) is 72.9 Å². The van der Waals surface area contributed by atoms with Crippen LogP contribution in [0.5, 0.6) is 11.5 Å². The fourth-order valence-corrected chi connectivity index (χ4v) is 6.15. The maximum atomic E-state index is 12.2. The highest BCUT2D eigenvalue weighted by Crippen LogP contribution is 2.47. The van der Waals surface area contributed by atoms with Gasteiger partial charge in [-0.15, -0.1) is 0 Å². The first-order chi connectivity index (χ1) is 21.6. The Labute approximate surface area is 272 Å². The van der Waals surface area contributed by atoms with Crippen molar-refractivity contribution < 1.29 is 19.1 Å². The van der Waals surface area contributed by atoms with E-state index in [1.807, 2.05) is 27.6 Å². The standard InChI is InChI=1S/C32H37Cl2N7O4/c1-6-27(42)40-12-10-39(11-13-40)9-7-8-21-19-41-23-15-26(36-18-28(43)38(2)3)35-17-20(23)14-22(32(41)37-21)29-30(33)24(44-4)16-25(45-5)31(29)34/h6,14-17,19H,1,7-13,18H2,2-5H3,(H,35,36). The Kier molecular flexibility index (Phi) is 10.0. The lowest BCUT2D eigenvalue weighted by molar-refractivity contribution is -0.128. The third-order valence-corrected chi connectivity index (χ3v) is 8.75. The highest BCUT2D eigenvalue weighted by Gasteiger charge is 2.24. The van der Waals surface area contributed by atoms with E-state index >= 15 is 0 Å². The van der Waals surface area contributed by atoms with E-state index in [9.17, 15) is 9.59 Å². The number of carbonyl (C=O) groups is 2. The molecule has 3 aromatic heterocycles. The lowest BCUT2D eigenvalue weighted by Gasteiger charge is -2.34. The number of rotatable bonds is 11. The number of halogens is 2. The third-order valence-electron chi connectivity index (χ3n) is 8.00. The topological polar surface area (TPSA) is 105 Å². The van der Waals surface area contributed by atoms with Crippen molar-refractivity contribution in [2.24, 2.45) is 0 Å². The van der Waals surface area contributed by atoms with Gasteiger partial charge in [-0.2, -0.15) is 0 Å². The Morgan fingerprint density at radius 1 is 1.07 bits per heavy atom. The van der Waals surface area contributed by atoms with Crippen LogP contribution in [0.25, 0.3) is 27.7 Å². The van der Waals surface area contributed by atoms with E-state index in [0.717, 1.165) is 49.1 Å². The number of aromatic nitrogens is 3. The van der Waals surface area contributed by atoms with E-state index in [4.69, 9.17) is 37.7 Å². The number of anilines is 1. The number of benzene rings is 1. The summed E-state index contributed by atoms with van der Waals surface area (Å²) in [6.07, 6.45) is 6.77. The van der Waals surface area contributed by atoms with Crippen LogP contribution < -0.4 is 14.8 Å². The van der Waals surface area contributed by atoms with E-state index in [1.165, 1.54) is 11.0 Å². The number of nitrogens with one attached hydrogen (secondary N) is 1. The number of carbonyl (C=O) groups excluding carboxylic acids is 2. The Bertz CT molecular complexity index is 1720. The largest absolute Gasteiger partial charge is 0.495 e. The number of imidazole rings is 1. The van der Waals surface area contributed by atoms with Gasteiger partial charge in [-0.05, 0) is 31.5 Å². The highest BCUT2D eigenvalue weighted by molar-refractivity contribution is 6.41. The predicted octanol–water partition coefficient (Wildman–Crippen LogP) is 4.64. The van der Waals surface area contributed by atoms with Gasteiger partial charge in [0.1, 0.15) is 23.0 Å². The van der Waals surface area contributed by atoms with Crippen molar-refractivity contribution in [2.45, 2.75) is 12.8 Å². The number of methoxy groups -OCH3 is 2. The number of pyridine rings is 2. The molecule has 45 heavy (non-hydrogen) atoms. The first kappa shape index (κ1) is 32.3. The second-order valence-electron chi connectivity index (χ2n) is 11.0. The molecule has 1 fully saturated rings. The molecule has 1 saturated heterocycles. The number of piperazine rings is 1. The lowest BCUT2D eigenvalue weighted by Crippen LogP contribution is -2.48. The minimum atomic E-state index is -0.0627. The zero-order chi connectivity index (χ0) is 32.2. The van der Waals surface area contributed by atoms with E-state index < -0.39 is 0 Å². The fourth-order valence-electron chi connectivity index (χ4n) is 5.45. The molecule has 4 aromatic rings. The summed E-state index contributed by atoms with van der Waals surface area (Å²) in [5, 5.41) is 4.64. The molecule has 5 rings (SSSR count). The maximum Gasteiger partial charge on any atom is 0.246 e. The summed E-state index contributed by atoms with van der Waals surface area (Å²) in [7, 11) is 6.50. The van der Waals surface area contributed by atoms with Crippen LogP contribution >= 0.6 is 23.2 Å². The number of ether oxygens (including phenoxy) is 2. The van der Waals surface area contributed by atoms with Crippen LogP contribution in [-0.4, -0.2) is 108 Å². The molecular formula is C32H37Cl2N7O4. The zero-order valence-electron chi connectivity index (χ0n) is 25.9. The Morgan fingerprint density at radius 3 is 2.38 bits per heavy atom. The van der Waals surface area contributed by atoms with Crippen molar-refractivity contribution >= 4 is 57.4 Å². The summed E-state index contributed by atoms with van der Waals surface area (Å²) >= 11 is 13.7. The van der Waals surface area contributed by atoms with Crippen LogP contribution in [0.1, 0.15) is 12.1 Å². The first-order valence-corrected chi connectivity index (χ1v) is 15.4. The number of likely N-dealkylation sites (N-methyl/N-ethyl adjacent to an activating group) is 1. The minimum Gasteiger partial charge on any atom is -0.495 e. The summed E-state index contributed by atoms with van der Waals surface area (Å²) in [6.45, 7) is 7.65. The van der Waals surface area contributed by atoms with Gasteiger partial charge in [-0.25, -0.2) is 9.97 Å². The number of hydrogen-bond acceptors (Lipinski definition) is 8. The molecule has 1 aliphatic rings. The number of amides is 2. The maximum absolute atomic E-state index is 12.2. The molecule has 1 aromatic carbocycles. The van der Waals surface area contributed by atoms with Crippen molar-refractivity contribution in [3.05, 3.63) is 59.0 Å². The van der Waals surface area contributed by atoms with Crippen LogP contribution in [0.4, 0.5) is 5.82 Å². The minimum absolute atomic E-state index is 0.0194. The van der Waals surface area contributed by atoms with E-state index in [0.29, 0.717) is 57.2 Å². The molecule has 238 valence electrons. The number of fused-ring (bicyclic) bond motifs is 3. The van der Waals surface area contributed by atoms with Crippen LogP contribution in [0.2, 0.25) is 10.0 Å². The predicted molar refractivity (Wildman–Crippen MR) is 178 cm³/mol. The number of nitrogens with zero attached hydrogens (tertiary/aromatic N) is 6. The van der Waals surface area contributed by atoms with Gasteiger partial charge in [0.2, 0.25) is 11.8 Å². The van der Waals surface area contributed by atoms with Gasteiger partial charge in [-0.3, -0.25) is 18.9 Å². The summed E-state index contributed by atoms with van der Waals surface area (Å²) < 4.78 is 13.1. The molecule has 4 heterocycles. The molecule has 0 atom stereocenters. The summed E-state index contributed by atoms with van der Waals surface area (Å²) in [6, 6.07) is 5.52. The van der Waals surface area contributed by atoms with Crippen molar-refractivity contribution in [3.63, 3.8) is 0 Å². The number of hydrogen-bond donors (Lipinski definition) is 1. The van der Waals surface area contributed by atoms with Gasteiger partial charge in [0.05, 0.1) is 42.0 Å². The monoisotopic (exact) mass is 653 g/mol. The van der Waals surface area contributed by atoms with Crippen LogP contribution in [0.15, 0.2) is 43.2 Å². The van der Waals surface area contributed by atoms with Gasteiger partial charge < -0.3 is 24.6 Å². The van der Waals surface area contributed by atoms with Gasteiger partial charge in [0, 0.05) is 81.3 Å². The first-order valence-electron chi connectivity index (χ1n) is 14.6. The molecule has 1 aliphatic heterocycles. The molecule has 0 spiro atoms. The average Bonchev–Trinajstić information content (AvgIpc) is 3.48. The Morgan fingerprint density at radius 2 is 1.76 bits per heavy atom.